The van der Waals surface area contributed by atoms with Crippen LogP contribution in [0.1, 0.15) is 16.7 Å². The number of aryl methyl sites for hydroxylation is 2. The summed E-state index contributed by atoms with van der Waals surface area (Å²) in [6.07, 6.45) is 1.62. The van der Waals surface area contributed by atoms with Crippen molar-refractivity contribution in [1.29, 1.82) is 0 Å². The molecule has 1 heterocycles. The van der Waals surface area contributed by atoms with Gasteiger partial charge in [-0.2, -0.15) is 0 Å². The summed E-state index contributed by atoms with van der Waals surface area (Å²) in [4.78, 5) is 17.7. The van der Waals surface area contributed by atoms with Crippen molar-refractivity contribution >= 4 is 22.7 Å². The van der Waals surface area contributed by atoms with Crippen LogP contribution in [-0.2, 0) is 0 Å². The average Bonchev–Trinajstić information content (AvgIpc) is 2.73. The number of aliphatic imine (C=N–C) groups is 1. The summed E-state index contributed by atoms with van der Waals surface area (Å²) in [5.74, 6) is 0.515. The highest BCUT2D eigenvalue weighted by molar-refractivity contribution is 6.02. The minimum Gasteiger partial charge on any atom is -0.497 e. The molecule has 0 saturated heterocycles. The Morgan fingerprint density at radius 2 is 1.57 bits per heavy atom. The van der Waals surface area contributed by atoms with Gasteiger partial charge in [-0.05, 0) is 67.4 Å². The van der Waals surface area contributed by atoms with Crippen LogP contribution in [0, 0.1) is 13.8 Å². The lowest BCUT2D eigenvalue weighted by Gasteiger charge is -2.14. The number of aromatic hydroxyl groups is 1. The lowest BCUT2D eigenvalue weighted by atomic mass is 10.1. The van der Waals surface area contributed by atoms with Crippen molar-refractivity contribution in [3.8, 4) is 17.3 Å². The first-order chi connectivity index (χ1) is 14.5. The molecular formula is C25H22N2O3. The maximum absolute atomic E-state index is 13.1. The van der Waals surface area contributed by atoms with Crippen molar-refractivity contribution in [3.63, 3.8) is 0 Å². The van der Waals surface area contributed by atoms with Crippen LogP contribution < -0.4 is 10.3 Å². The van der Waals surface area contributed by atoms with Crippen LogP contribution in [0.4, 0.5) is 5.69 Å². The van der Waals surface area contributed by atoms with Gasteiger partial charge in [0.05, 0.1) is 24.0 Å². The predicted octanol–water partition coefficient (Wildman–Crippen LogP) is 5.07. The first-order valence-corrected chi connectivity index (χ1v) is 9.61. The summed E-state index contributed by atoms with van der Waals surface area (Å²) in [6, 6.07) is 20.2. The van der Waals surface area contributed by atoms with Crippen molar-refractivity contribution in [3.05, 3.63) is 93.8 Å². The van der Waals surface area contributed by atoms with E-state index < -0.39 is 0 Å². The van der Waals surface area contributed by atoms with Gasteiger partial charge in [0.15, 0.2) is 0 Å². The maximum atomic E-state index is 13.1. The molecule has 0 amide bonds. The van der Waals surface area contributed by atoms with Gasteiger partial charge in [0.1, 0.15) is 5.75 Å². The van der Waals surface area contributed by atoms with Crippen LogP contribution in [0.5, 0.6) is 11.6 Å². The minimum absolute atomic E-state index is 0.156. The van der Waals surface area contributed by atoms with Gasteiger partial charge in [0.25, 0.3) is 5.56 Å². The summed E-state index contributed by atoms with van der Waals surface area (Å²) in [7, 11) is 1.58. The zero-order chi connectivity index (χ0) is 21.3. The average molecular weight is 398 g/mol. The van der Waals surface area contributed by atoms with E-state index in [9.17, 15) is 9.90 Å². The maximum Gasteiger partial charge on any atom is 0.265 e. The highest BCUT2D eigenvalue weighted by Gasteiger charge is 2.16. The Morgan fingerprint density at radius 3 is 2.20 bits per heavy atom. The zero-order valence-electron chi connectivity index (χ0n) is 17.1. The summed E-state index contributed by atoms with van der Waals surface area (Å²) in [6.45, 7) is 4.03. The number of fused-ring (bicyclic) bond motifs is 1. The molecule has 1 N–H and O–H groups in total. The summed E-state index contributed by atoms with van der Waals surface area (Å²) < 4.78 is 6.49. The van der Waals surface area contributed by atoms with E-state index in [4.69, 9.17) is 4.74 Å². The van der Waals surface area contributed by atoms with Crippen molar-refractivity contribution < 1.29 is 9.84 Å². The summed E-state index contributed by atoms with van der Waals surface area (Å²) in [5, 5.41) is 12.2. The Morgan fingerprint density at radius 1 is 0.933 bits per heavy atom. The Bertz CT molecular complexity index is 1300. The Balaban J connectivity index is 1.94. The van der Waals surface area contributed by atoms with Crippen molar-refractivity contribution in [2.45, 2.75) is 13.8 Å². The molecule has 0 saturated carbocycles. The van der Waals surface area contributed by atoms with E-state index in [2.05, 4.69) is 11.1 Å². The van der Waals surface area contributed by atoms with E-state index >= 15 is 0 Å². The summed E-state index contributed by atoms with van der Waals surface area (Å²) in [5.41, 5.74) is 3.75. The molecule has 1 aromatic heterocycles. The molecule has 30 heavy (non-hydrogen) atoms. The first-order valence-electron chi connectivity index (χ1n) is 9.61. The van der Waals surface area contributed by atoms with E-state index in [1.807, 2.05) is 44.2 Å². The standard InChI is InChI=1S/C25H22N2O3/c1-16-12-17(2)14-18(13-16)26-15-23-21-6-4-5-7-22(21)24(28)27(25(23)29)19-8-10-20(30-3)11-9-19/h4-15,29H,1-3H3. The number of hydrogen-bond donors (Lipinski definition) is 1. The van der Waals surface area contributed by atoms with Gasteiger partial charge < -0.3 is 9.84 Å². The van der Waals surface area contributed by atoms with Gasteiger partial charge in [-0.15, -0.1) is 0 Å². The van der Waals surface area contributed by atoms with E-state index in [0.717, 1.165) is 16.8 Å². The molecule has 3 aromatic carbocycles. The molecule has 0 aliphatic carbocycles. The molecule has 0 radical (unpaired) electrons. The number of hydrogen-bond acceptors (Lipinski definition) is 4. The van der Waals surface area contributed by atoms with Gasteiger partial charge >= 0.3 is 0 Å². The molecule has 0 aliphatic heterocycles. The predicted molar refractivity (Wildman–Crippen MR) is 121 cm³/mol. The molecule has 4 rings (SSSR count). The molecule has 0 fully saturated rings. The fraction of sp³-hybridized carbons (Fsp3) is 0.120. The largest absolute Gasteiger partial charge is 0.497 e. The topological polar surface area (TPSA) is 63.8 Å². The van der Waals surface area contributed by atoms with E-state index in [0.29, 0.717) is 27.8 Å². The number of benzene rings is 3. The van der Waals surface area contributed by atoms with Crippen LogP contribution in [0.2, 0.25) is 0 Å². The van der Waals surface area contributed by atoms with Crippen LogP contribution in [0.3, 0.4) is 0 Å². The summed E-state index contributed by atoms with van der Waals surface area (Å²) >= 11 is 0. The van der Waals surface area contributed by atoms with E-state index in [1.54, 1.807) is 43.7 Å². The molecule has 0 bridgehead atoms. The van der Waals surface area contributed by atoms with Crippen LogP contribution in [-0.4, -0.2) is 23.0 Å². The first kappa shape index (κ1) is 19.5. The number of methoxy groups -OCH3 is 1. The van der Waals surface area contributed by atoms with Crippen LogP contribution in [0.25, 0.3) is 16.5 Å². The van der Waals surface area contributed by atoms with Gasteiger partial charge in [0, 0.05) is 17.0 Å². The van der Waals surface area contributed by atoms with Gasteiger partial charge in [-0.25, -0.2) is 4.57 Å². The second-order valence-corrected chi connectivity index (χ2v) is 7.23. The molecule has 5 nitrogen and oxygen atoms in total. The number of aromatic nitrogens is 1. The van der Waals surface area contributed by atoms with Crippen molar-refractivity contribution in [1.82, 2.24) is 4.57 Å². The molecule has 4 aromatic rings. The highest BCUT2D eigenvalue weighted by Crippen LogP contribution is 2.27. The van der Waals surface area contributed by atoms with Crippen LogP contribution >= 0.6 is 0 Å². The van der Waals surface area contributed by atoms with E-state index in [-0.39, 0.29) is 11.4 Å². The number of ether oxygens (including phenoxy) is 1. The third kappa shape index (κ3) is 3.57. The van der Waals surface area contributed by atoms with Crippen molar-refractivity contribution in [2.24, 2.45) is 4.99 Å². The lowest BCUT2D eigenvalue weighted by Crippen LogP contribution is -2.20. The lowest BCUT2D eigenvalue weighted by molar-refractivity contribution is 0.414. The molecular weight excluding hydrogens is 376 g/mol. The zero-order valence-corrected chi connectivity index (χ0v) is 17.1. The second kappa shape index (κ2) is 7.87. The third-order valence-electron chi connectivity index (χ3n) is 4.98. The molecule has 150 valence electrons. The monoisotopic (exact) mass is 398 g/mol. The fourth-order valence-corrected chi connectivity index (χ4v) is 3.62. The molecule has 0 atom stereocenters. The van der Waals surface area contributed by atoms with Gasteiger partial charge in [-0.3, -0.25) is 9.79 Å². The van der Waals surface area contributed by atoms with Crippen molar-refractivity contribution in [2.75, 3.05) is 7.11 Å². The molecule has 0 unspecified atom stereocenters. The Labute approximate surface area is 174 Å². The number of rotatable bonds is 4. The second-order valence-electron chi connectivity index (χ2n) is 7.23. The fourth-order valence-electron chi connectivity index (χ4n) is 3.62. The Kier molecular flexibility index (Phi) is 5.11. The Hall–Kier alpha value is -3.86. The van der Waals surface area contributed by atoms with Gasteiger partial charge in [0.2, 0.25) is 5.88 Å². The number of pyridine rings is 1. The minimum atomic E-state index is -0.295. The van der Waals surface area contributed by atoms with E-state index in [1.165, 1.54) is 4.57 Å². The molecule has 0 aliphatic rings. The normalized spacial score (nSPS) is 11.3. The number of nitrogens with zero attached hydrogens (tertiary/aromatic N) is 2. The SMILES string of the molecule is COc1ccc(-n2c(O)c(C=Nc3cc(C)cc(C)c3)c3ccccc3c2=O)cc1. The smallest absolute Gasteiger partial charge is 0.265 e. The molecule has 5 heteroatoms. The van der Waals surface area contributed by atoms with Crippen LogP contribution in [0.15, 0.2) is 76.5 Å². The molecule has 0 spiro atoms. The highest BCUT2D eigenvalue weighted by atomic mass is 16.5. The quantitative estimate of drug-likeness (QED) is 0.488. The third-order valence-corrected chi connectivity index (χ3v) is 4.98. The van der Waals surface area contributed by atoms with Gasteiger partial charge in [-0.1, -0.05) is 24.3 Å².